The molecule has 1 heterocycles. The zero-order chi connectivity index (χ0) is 26.0. The number of nitro benzene ring substituents is 1. The number of nitro groups is 1. The predicted molar refractivity (Wildman–Crippen MR) is 134 cm³/mol. The average molecular weight is 547 g/mol. The molecular formula is C24H14Cl3N3O6. The first kappa shape index (κ1) is 25.2. The summed E-state index contributed by atoms with van der Waals surface area (Å²) in [6.45, 7) is 0.0372. The summed E-state index contributed by atoms with van der Waals surface area (Å²) in [5.41, 5.74) is 0.778. The highest BCUT2D eigenvalue weighted by atomic mass is 35.5. The smallest absolute Gasteiger partial charge is 0.335 e. The maximum absolute atomic E-state index is 13.0. The monoisotopic (exact) mass is 545 g/mol. The topological polar surface area (TPSA) is 119 Å². The fourth-order valence-corrected chi connectivity index (χ4v) is 4.14. The molecule has 3 aromatic rings. The summed E-state index contributed by atoms with van der Waals surface area (Å²) in [6.07, 6.45) is 1.25. The number of imide groups is 2. The Bertz CT molecular complexity index is 1420. The Labute approximate surface area is 219 Å². The number of ether oxygens (including phenoxy) is 1. The molecule has 0 spiro atoms. The molecule has 1 fully saturated rings. The number of amides is 4. The van der Waals surface area contributed by atoms with Crippen LogP contribution in [0.2, 0.25) is 15.1 Å². The van der Waals surface area contributed by atoms with Gasteiger partial charge in [0, 0.05) is 17.2 Å². The van der Waals surface area contributed by atoms with E-state index in [1.807, 2.05) is 0 Å². The Hall–Kier alpha value is -3.92. The molecule has 3 aromatic carbocycles. The lowest BCUT2D eigenvalue weighted by atomic mass is 10.1. The van der Waals surface area contributed by atoms with Gasteiger partial charge in [0.15, 0.2) is 5.75 Å². The number of urea groups is 1. The summed E-state index contributed by atoms with van der Waals surface area (Å²) >= 11 is 18.6. The molecule has 4 rings (SSSR count). The molecule has 0 radical (unpaired) electrons. The van der Waals surface area contributed by atoms with Gasteiger partial charge in [-0.2, -0.15) is 0 Å². The van der Waals surface area contributed by atoms with E-state index in [0.717, 1.165) is 4.90 Å². The van der Waals surface area contributed by atoms with Gasteiger partial charge in [-0.3, -0.25) is 25.0 Å². The highest BCUT2D eigenvalue weighted by molar-refractivity contribution is 6.40. The van der Waals surface area contributed by atoms with Crippen molar-refractivity contribution in [2.75, 3.05) is 4.90 Å². The number of hydrogen-bond donors (Lipinski definition) is 1. The molecule has 182 valence electrons. The van der Waals surface area contributed by atoms with Gasteiger partial charge in [-0.25, -0.2) is 9.69 Å². The molecule has 0 bridgehead atoms. The van der Waals surface area contributed by atoms with Gasteiger partial charge in [0.2, 0.25) is 0 Å². The molecule has 0 saturated carbocycles. The van der Waals surface area contributed by atoms with Gasteiger partial charge in [0.05, 0.1) is 20.7 Å². The van der Waals surface area contributed by atoms with Crippen molar-refractivity contribution in [1.82, 2.24) is 5.32 Å². The number of halogens is 3. The van der Waals surface area contributed by atoms with Gasteiger partial charge in [-0.05, 0) is 59.7 Å². The second-order valence-electron chi connectivity index (χ2n) is 7.46. The second kappa shape index (κ2) is 10.4. The SMILES string of the molecule is O=C1NC(=O)N(c2cccc(Cl)c2)C(=O)/C1=C/c1cc(Cl)c(OCc2ccc([N+](=O)[O-])cc2)c(Cl)c1. The van der Waals surface area contributed by atoms with Crippen LogP contribution in [0.3, 0.4) is 0 Å². The van der Waals surface area contributed by atoms with E-state index in [-0.39, 0.29) is 39.3 Å². The summed E-state index contributed by atoms with van der Waals surface area (Å²) in [7, 11) is 0. The lowest BCUT2D eigenvalue weighted by Gasteiger charge is -2.26. The Morgan fingerprint density at radius 2 is 1.64 bits per heavy atom. The summed E-state index contributed by atoms with van der Waals surface area (Å²) in [5, 5.41) is 13.4. The van der Waals surface area contributed by atoms with E-state index in [0.29, 0.717) is 16.1 Å². The molecule has 0 unspecified atom stereocenters. The maximum atomic E-state index is 13.0. The van der Waals surface area contributed by atoms with Gasteiger partial charge in [0.1, 0.15) is 12.2 Å². The molecule has 1 N–H and O–H groups in total. The minimum absolute atomic E-state index is 0.0372. The average Bonchev–Trinajstić information content (AvgIpc) is 2.81. The van der Waals surface area contributed by atoms with E-state index in [2.05, 4.69) is 5.32 Å². The summed E-state index contributed by atoms with van der Waals surface area (Å²) < 4.78 is 5.68. The number of carbonyl (C=O) groups excluding carboxylic acids is 3. The Morgan fingerprint density at radius 3 is 2.25 bits per heavy atom. The lowest BCUT2D eigenvalue weighted by molar-refractivity contribution is -0.384. The largest absolute Gasteiger partial charge is 0.486 e. The predicted octanol–water partition coefficient (Wildman–Crippen LogP) is 5.80. The quantitative estimate of drug-likeness (QED) is 0.181. The number of nitrogens with zero attached hydrogens (tertiary/aromatic N) is 2. The van der Waals surface area contributed by atoms with Gasteiger partial charge in [0.25, 0.3) is 17.5 Å². The van der Waals surface area contributed by atoms with E-state index >= 15 is 0 Å². The minimum atomic E-state index is -0.907. The van der Waals surface area contributed by atoms with Crippen LogP contribution in [0, 0.1) is 10.1 Å². The second-order valence-corrected chi connectivity index (χ2v) is 8.71. The number of rotatable bonds is 6. The fourth-order valence-electron chi connectivity index (χ4n) is 3.34. The van der Waals surface area contributed by atoms with Crippen molar-refractivity contribution in [3.63, 3.8) is 0 Å². The number of barbiturate groups is 1. The molecule has 12 heteroatoms. The van der Waals surface area contributed by atoms with E-state index < -0.39 is 22.8 Å². The number of nitrogens with one attached hydrogen (secondary N) is 1. The molecule has 1 saturated heterocycles. The third kappa shape index (κ3) is 5.33. The van der Waals surface area contributed by atoms with Crippen molar-refractivity contribution in [3.05, 3.63) is 103 Å². The summed E-state index contributed by atoms with van der Waals surface area (Å²) in [5.74, 6) is -1.58. The first-order valence-electron chi connectivity index (χ1n) is 10.2. The molecule has 4 amide bonds. The van der Waals surface area contributed by atoms with E-state index in [1.165, 1.54) is 42.5 Å². The van der Waals surface area contributed by atoms with Gasteiger partial charge in [-0.1, -0.05) is 40.9 Å². The van der Waals surface area contributed by atoms with Crippen molar-refractivity contribution >= 4 is 70.1 Å². The Kier molecular flexibility index (Phi) is 7.25. The van der Waals surface area contributed by atoms with Crippen molar-refractivity contribution in [1.29, 1.82) is 0 Å². The van der Waals surface area contributed by atoms with Crippen LogP contribution in [0.15, 0.2) is 66.2 Å². The number of hydrogen-bond acceptors (Lipinski definition) is 6. The molecule has 1 aliphatic rings. The highest BCUT2D eigenvalue weighted by Crippen LogP contribution is 2.36. The van der Waals surface area contributed by atoms with Crippen LogP contribution in [-0.2, 0) is 16.2 Å². The number of anilines is 1. The highest BCUT2D eigenvalue weighted by Gasteiger charge is 2.37. The Balaban J connectivity index is 1.57. The third-order valence-corrected chi connectivity index (χ3v) is 5.83. The van der Waals surface area contributed by atoms with Crippen molar-refractivity contribution in [3.8, 4) is 5.75 Å². The molecular weight excluding hydrogens is 533 g/mol. The molecule has 0 atom stereocenters. The summed E-state index contributed by atoms with van der Waals surface area (Å²) in [4.78, 5) is 48.8. The molecule has 1 aliphatic heterocycles. The van der Waals surface area contributed by atoms with Crippen molar-refractivity contribution < 1.29 is 24.0 Å². The third-order valence-electron chi connectivity index (χ3n) is 5.03. The molecule has 36 heavy (non-hydrogen) atoms. The van der Waals surface area contributed by atoms with Gasteiger partial charge >= 0.3 is 6.03 Å². The van der Waals surface area contributed by atoms with Crippen molar-refractivity contribution in [2.24, 2.45) is 0 Å². The van der Waals surface area contributed by atoms with Gasteiger partial charge < -0.3 is 4.74 Å². The standard InChI is InChI=1S/C24H14Cl3N3O6/c25-15-2-1-3-17(11-15)29-23(32)18(22(31)28-24(29)33)8-14-9-19(26)21(20(27)10-14)36-12-13-4-6-16(7-5-13)30(34)35/h1-11H,12H2,(H,28,31,33)/b18-8+. The molecule has 0 aromatic heterocycles. The normalized spacial score (nSPS) is 14.7. The van der Waals surface area contributed by atoms with E-state index in [1.54, 1.807) is 24.3 Å². The first-order valence-corrected chi connectivity index (χ1v) is 11.3. The van der Waals surface area contributed by atoms with E-state index in [4.69, 9.17) is 39.5 Å². The van der Waals surface area contributed by atoms with Crippen LogP contribution in [-0.4, -0.2) is 22.8 Å². The Morgan fingerprint density at radius 1 is 0.972 bits per heavy atom. The zero-order valence-electron chi connectivity index (χ0n) is 18.0. The fraction of sp³-hybridized carbons (Fsp3) is 0.0417. The molecule has 0 aliphatic carbocycles. The lowest BCUT2D eigenvalue weighted by Crippen LogP contribution is -2.54. The number of benzene rings is 3. The zero-order valence-corrected chi connectivity index (χ0v) is 20.3. The first-order chi connectivity index (χ1) is 17.1. The van der Waals surface area contributed by atoms with Crippen LogP contribution in [0.25, 0.3) is 6.08 Å². The van der Waals surface area contributed by atoms with Crippen molar-refractivity contribution in [2.45, 2.75) is 6.61 Å². The number of carbonyl (C=O) groups is 3. The van der Waals surface area contributed by atoms with Crippen LogP contribution < -0.4 is 15.0 Å². The van der Waals surface area contributed by atoms with Crippen LogP contribution in [0.5, 0.6) is 5.75 Å². The van der Waals surface area contributed by atoms with Crippen LogP contribution in [0.1, 0.15) is 11.1 Å². The molecule has 9 nitrogen and oxygen atoms in total. The maximum Gasteiger partial charge on any atom is 0.335 e. The number of non-ortho nitro benzene ring substituents is 1. The minimum Gasteiger partial charge on any atom is -0.486 e. The van der Waals surface area contributed by atoms with Gasteiger partial charge in [-0.15, -0.1) is 0 Å². The van der Waals surface area contributed by atoms with Crippen LogP contribution >= 0.6 is 34.8 Å². The summed E-state index contributed by atoms with van der Waals surface area (Å²) in [6, 6.07) is 13.8. The van der Waals surface area contributed by atoms with E-state index in [9.17, 15) is 24.5 Å². The van der Waals surface area contributed by atoms with Crippen LogP contribution in [0.4, 0.5) is 16.2 Å².